The Labute approximate surface area is 217 Å². The van der Waals surface area contributed by atoms with Crippen LogP contribution in [0.1, 0.15) is 65.4 Å². The second-order valence-electron chi connectivity index (χ2n) is 7.58. The van der Waals surface area contributed by atoms with Crippen molar-refractivity contribution in [3.05, 3.63) is 48.5 Å². The van der Waals surface area contributed by atoms with Gasteiger partial charge in [-0.3, -0.25) is 4.79 Å². The number of hydrogen-bond acceptors (Lipinski definition) is 5. The predicted molar refractivity (Wildman–Crippen MR) is 148 cm³/mol. The zero-order chi connectivity index (χ0) is 27.0. The van der Waals surface area contributed by atoms with Crippen LogP contribution in [0.3, 0.4) is 0 Å². The maximum absolute atomic E-state index is 11.7. The van der Waals surface area contributed by atoms with Crippen molar-refractivity contribution in [3.8, 4) is 12.8 Å². The Morgan fingerprint density at radius 3 is 2.39 bits per heavy atom. The summed E-state index contributed by atoms with van der Waals surface area (Å²) in [5.74, 6) is 0. The van der Waals surface area contributed by atoms with Gasteiger partial charge in [0.25, 0.3) is 0 Å². The van der Waals surface area contributed by atoms with E-state index in [1.165, 1.54) is 19.3 Å². The number of imidazole rings is 1. The van der Waals surface area contributed by atoms with Crippen LogP contribution in [-0.2, 0) is 16.1 Å². The van der Waals surface area contributed by atoms with E-state index in [0.29, 0.717) is 6.41 Å². The van der Waals surface area contributed by atoms with Crippen LogP contribution in [0.25, 0.3) is 0 Å². The van der Waals surface area contributed by atoms with Gasteiger partial charge in [-0.25, -0.2) is 9.78 Å². The molecular formula is C28H45N5O3. The van der Waals surface area contributed by atoms with Crippen LogP contribution in [0.4, 0.5) is 10.5 Å². The summed E-state index contributed by atoms with van der Waals surface area (Å²) in [5.41, 5.74) is 1.93. The topological polar surface area (TPSA) is 88.5 Å². The summed E-state index contributed by atoms with van der Waals surface area (Å²) in [6.07, 6.45) is 20.0. The average molecular weight is 500 g/mol. The van der Waals surface area contributed by atoms with Crippen LogP contribution >= 0.6 is 0 Å². The fraction of sp³-hybridized carbons (Fsp3) is 0.536. The number of aromatic nitrogens is 2. The van der Waals surface area contributed by atoms with Gasteiger partial charge in [-0.1, -0.05) is 46.2 Å². The highest BCUT2D eigenvalue weighted by Crippen LogP contribution is 2.21. The normalized spacial score (nSPS) is 14.4. The van der Waals surface area contributed by atoms with Crippen molar-refractivity contribution in [2.24, 2.45) is 0 Å². The molecule has 1 aliphatic heterocycles. The van der Waals surface area contributed by atoms with E-state index in [0.717, 1.165) is 56.8 Å². The monoisotopic (exact) mass is 499 g/mol. The van der Waals surface area contributed by atoms with E-state index in [2.05, 4.69) is 28.5 Å². The van der Waals surface area contributed by atoms with Crippen LogP contribution in [0.5, 0.6) is 0 Å². The number of amides is 2. The smallest absolute Gasteiger partial charge is 0.410 e. The minimum atomic E-state index is -0.108. The molecule has 8 nitrogen and oxygen atoms in total. The molecule has 1 saturated carbocycles. The molecule has 0 unspecified atom stereocenters. The zero-order valence-corrected chi connectivity index (χ0v) is 22.5. The van der Waals surface area contributed by atoms with Crippen molar-refractivity contribution >= 4 is 18.2 Å². The molecule has 2 heterocycles. The standard InChI is InChI=1S/C11H11N3O.C11H20N2O2.2C2H6.C2H2/c15-9-13-11-3-1-2-10(6-11)7-14-5-4-12-8-14;14-11(13-8-6-12-7-9-13)15-10-4-2-1-3-5-10;3*1-2/h1-6,8-9H,7H2,(H,13,15);10,12H,1-9H2;2*1-2H3;1-2H. The number of nitrogens with zero attached hydrogens (tertiary/aromatic N) is 3. The van der Waals surface area contributed by atoms with Gasteiger partial charge >= 0.3 is 6.09 Å². The summed E-state index contributed by atoms with van der Waals surface area (Å²) in [6, 6.07) is 7.72. The molecule has 200 valence electrons. The first-order valence-electron chi connectivity index (χ1n) is 13.0. The van der Waals surface area contributed by atoms with E-state index >= 15 is 0 Å². The molecule has 0 spiro atoms. The van der Waals surface area contributed by atoms with E-state index in [-0.39, 0.29) is 12.2 Å². The van der Waals surface area contributed by atoms with Crippen molar-refractivity contribution in [2.45, 2.75) is 72.4 Å². The maximum atomic E-state index is 11.7. The van der Waals surface area contributed by atoms with Crippen molar-refractivity contribution in [2.75, 3.05) is 31.5 Å². The molecule has 2 aliphatic rings. The summed E-state index contributed by atoms with van der Waals surface area (Å²) in [7, 11) is 0. The van der Waals surface area contributed by atoms with Crippen LogP contribution < -0.4 is 10.6 Å². The number of hydrogen-bond donors (Lipinski definition) is 2. The van der Waals surface area contributed by atoms with E-state index in [4.69, 9.17) is 4.74 Å². The first kappa shape index (κ1) is 32.7. The molecule has 0 bridgehead atoms. The number of benzene rings is 1. The van der Waals surface area contributed by atoms with Gasteiger partial charge < -0.3 is 24.8 Å². The summed E-state index contributed by atoms with van der Waals surface area (Å²) in [5, 5.41) is 5.85. The fourth-order valence-corrected chi connectivity index (χ4v) is 3.67. The molecule has 4 rings (SSSR count). The Balaban J connectivity index is 0.000000564. The van der Waals surface area contributed by atoms with Crippen molar-refractivity contribution in [1.82, 2.24) is 19.8 Å². The van der Waals surface area contributed by atoms with Gasteiger partial charge in [-0.2, -0.15) is 0 Å². The van der Waals surface area contributed by atoms with Crippen LogP contribution in [0, 0.1) is 12.8 Å². The highest BCUT2D eigenvalue weighted by Gasteiger charge is 2.22. The summed E-state index contributed by atoms with van der Waals surface area (Å²) in [4.78, 5) is 27.8. The number of piperazine rings is 1. The fourth-order valence-electron chi connectivity index (χ4n) is 3.67. The molecular weight excluding hydrogens is 454 g/mol. The predicted octanol–water partition coefficient (Wildman–Crippen LogP) is 5.16. The first-order valence-corrected chi connectivity index (χ1v) is 13.0. The summed E-state index contributed by atoms with van der Waals surface area (Å²) < 4.78 is 7.46. The molecule has 1 aromatic heterocycles. The lowest BCUT2D eigenvalue weighted by Crippen LogP contribution is -2.47. The van der Waals surface area contributed by atoms with Crippen molar-refractivity contribution in [1.29, 1.82) is 0 Å². The maximum Gasteiger partial charge on any atom is 0.410 e. The average Bonchev–Trinajstić information content (AvgIpc) is 3.47. The number of anilines is 1. The lowest BCUT2D eigenvalue weighted by atomic mass is 9.98. The van der Waals surface area contributed by atoms with Crippen molar-refractivity contribution in [3.63, 3.8) is 0 Å². The third-order valence-electron chi connectivity index (χ3n) is 5.27. The molecule has 0 radical (unpaired) electrons. The Hall–Kier alpha value is -3.31. The molecule has 1 aromatic carbocycles. The molecule has 2 aromatic rings. The van der Waals surface area contributed by atoms with E-state index < -0.39 is 0 Å². The van der Waals surface area contributed by atoms with E-state index in [1.807, 2.05) is 67.6 Å². The van der Waals surface area contributed by atoms with E-state index in [9.17, 15) is 9.59 Å². The van der Waals surface area contributed by atoms with Crippen LogP contribution in [-0.4, -0.2) is 59.2 Å². The van der Waals surface area contributed by atoms with Gasteiger partial charge in [-0.15, -0.1) is 12.8 Å². The van der Waals surface area contributed by atoms with Crippen molar-refractivity contribution < 1.29 is 14.3 Å². The SMILES string of the molecule is C#C.CC.CC.O=C(OC1CCCCC1)N1CCNCC1.O=CNc1cccc(Cn2ccnc2)c1. The third-order valence-corrected chi connectivity index (χ3v) is 5.27. The van der Waals surface area contributed by atoms with Gasteiger partial charge in [0.1, 0.15) is 6.10 Å². The third kappa shape index (κ3) is 13.5. The minimum Gasteiger partial charge on any atom is -0.446 e. The lowest BCUT2D eigenvalue weighted by Gasteiger charge is -2.29. The Morgan fingerprint density at radius 1 is 1.14 bits per heavy atom. The zero-order valence-electron chi connectivity index (χ0n) is 22.5. The second kappa shape index (κ2) is 22.2. The van der Waals surface area contributed by atoms with Gasteiger partial charge in [0.05, 0.1) is 6.33 Å². The summed E-state index contributed by atoms with van der Waals surface area (Å²) >= 11 is 0. The largest absolute Gasteiger partial charge is 0.446 e. The molecule has 1 saturated heterocycles. The van der Waals surface area contributed by atoms with E-state index in [1.54, 1.807) is 12.5 Å². The van der Waals surface area contributed by atoms with Gasteiger partial charge in [0.2, 0.25) is 6.41 Å². The molecule has 2 amide bonds. The number of rotatable bonds is 5. The number of carbonyl (C=O) groups excluding carboxylic acids is 2. The molecule has 0 atom stereocenters. The van der Waals surface area contributed by atoms with Gasteiger partial charge in [0, 0.05) is 50.8 Å². The number of nitrogens with one attached hydrogen (secondary N) is 2. The van der Waals surface area contributed by atoms with Crippen LogP contribution in [0.15, 0.2) is 43.0 Å². The molecule has 2 fully saturated rings. The highest BCUT2D eigenvalue weighted by molar-refractivity contribution is 5.71. The number of ether oxygens (including phenoxy) is 1. The molecule has 8 heteroatoms. The Bertz CT molecular complexity index is 812. The Morgan fingerprint density at radius 2 is 1.81 bits per heavy atom. The highest BCUT2D eigenvalue weighted by atomic mass is 16.6. The number of terminal acetylenes is 1. The molecule has 36 heavy (non-hydrogen) atoms. The Kier molecular flexibility index (Phi) is 20.1. The van der Waals surface area contributed by atoms with Crippen LogP contribution in [0.2, 0.25) is 0 Å². The second-order valence-corrected chi connectivity index (χ2v) is 7.58. The molecule has 1 aliphatic carbocycles. The minimum absolute atomic E-state index is 0.108. The number of carbonyl (C=O) groups is 2. The van der Waals surface area contributed by atoms with Gasteiger partial charge in [-0.05, 0) is 43.4 Å². The first-order chi connectivity index (χ1) is 17.7. The summed E-state index contributed by atoms with van der Waals surface area (Å²) in [6.45, 7) is 12.1. The quantitative estimate of drug-likeness (QED) is 0.438. The lowest BCUT2D eigenvalue weighted by molar-refractivity contribution is -0.105. The van der Waals surface area contributed by atoms with Gasteiger partial charge in [0.15, 0.2) is 0 Å². The molecule has 2 N–H and O–H groups in total.